The van der Waals surface area contributed by atoms with Gasteiger partial charge in [0.2, 0.25) is 5.91 Å². The van der Waals surface area contributed by atoms with Gasteiger partial charge in [-0.1, -0.05) is 41.0 Å². The molecule has 4 heterocycles. The quantitative estimate of drug-likeness (QED) is 0.292. The van der Waals surface area contributed by atoms with Gasteiger partial charge in [-0.3, -0.25) is 4.79 Å². The molecule has 18 atom stereocenters. The summed E-state index contributed by atoms with van der Waals surface area (Å²) in [6.45, 7) is 19.4. The number of aliphatic hydroxyl groups is 3. The van der Waals surface area contributed by atoms with E-state index in [4.69, 9.17) is 28.4 Å². The summed E-state index contributed by atoms with van der Waals surface area (Å²) in [6.07, 6.45) is -2.40. The summed E-state index contributed by atoms with van der Waals surface area (Å²) < 4.78 is 39.4. The van der Waals surface area contributed by atoms with Crippen LogP contribution < -0.4 is 5.32 Å². The Morgan fingerprint density at radius 2 is 1.60 bits per heavy atom. The van der Waals surface area contributed by atoms with Gasteiger partial charge in [0.25, 0.3) is 0 Å². The van der Waals surface area contributed by atoms with Crippen LogP contribution in [0.1, 0.15) is 108 Å². The van der Waals surface area contributed by atoms with Crippen molar-refractivity contribution in [2.45, 2.75) is 192 Å². The van der Waals surface area contributed by atoms with Crippen LogP contribution in [0.15, 0.2) is 0 Å². The first-order chi connectivity index (χ1) is 23.2. The first kappa shape index (κ1) is 41.8. The van der Waals surface area contributed by atoms with Crippen LogP contribution in [0, 0.1) is 23.7 Å². The molecule has 4 N–H and O–H groups in total. The van der Waals surface area contributed by atoms with Gasteiger partial charge in [-0.15, -0.1) is 0 Å². The molecule has 0 aliphatic carbocycles. The van der Waals surface area contributed by atoms with Gasteiger partial charge in [-0.2, -0.15) is 0 Å². The van der Waals surface area contributed by atoms with Crippen LogP contribution in [-0.2, 0) is 33.2 Å². The zero-order valence-electron chi connectivity index (χ0n) is 33.0. The number of ether oxygens (including phenoxy) is 6. The fourth-order valence-electron chi connectivity index (χ4n) is 9.52. The van der Waals surface area contributed by atoms with E-state index >= 15 is 0 Å². The second-order valence-electron chi connectivity index (χ2n) is 17.3. The zero-order chi connectivity index (χ0) is 37.5. The molecular formula is C38H70N2O10. The molecule has 12 heteroatoms. The van der Waals surface area contributed by atoms with Crippen molar-refractivity contribution in [2.75, 3.05) is 21.2 Å². The number of likely N-dealkylation sites (N-methyl/N-ethyl adjacent to an activating group) is 1. The molecular weight excluding hydrogens is 644 g/mol. The molecule has 4 aliphatic heterocycles. The lowest BCUT2D eigenvalue weighted by Crippen LogP contribution is -2.61. The Kier molecular flexibility index (Phi) is 13.6. The number of nitrogens with zero attached hydrogens (tertiary/aromatic N) is 1. The molecule has 292 valence electrons. The summed E-state index contributed by atoms with van der Waals surface area (Å²) in [5.41, 5.74) is -3.05. The van der Waals surface area contributed by atoms with Crippen molar-refractivity contribution in [1.29, 1.82) is 0 Å². The highest BCUT2D eigenvalue weighted by molar-refractivity contribution is 5.79. The highest BCUT2D eigenvalue weighted by Gasteiger charge is 2.57. The van der Waals surface area contributed by atoms with E-state index in [1.165, 1.54) is 0 Å². The molecule has 0 aromatic rings. The maximum atomic E-state index is 14.3. The molecule has 4 rings (SSSR count). The monoisotopic (exact) mass is 715 g/mol. The van der Waals surface area contributed by atoms with Gasteiger partial charge >= 0.3 is 0 Å². The normalized spacial score (nSPS) is 51.1. The number of amides is 1. The minimum absolute atomic E-state index is 0.00622. The van der Waals surface area contributed by atoms with E-state index in [0.717, 1.165) is 0 Å². The first-order valence-corrected chi connectivity index (χ1v) is 19.1. The predicted molar refractivity (Wildman–Crippen MR) is 189 cm³/mol. The Morgan fingerprint density at radius 3 is 2.20 bits per heavy atom. The van der Waals surface area contributed by atoms with Crippen molar-refractivity contribution in [3.8, 4) is 0 Å². The molecule has 4 fully saturated rings. The number of carbonyl (C=O) groups is 1. The smallest absolute Gasteiger partial charge is 0.225 e. The Labute approximate surface area is 301 Å². The van der Waals surface area contributed by atoms with Gasteiger partial charge < -0.3 is 54.0 Å². The van der Waals surface area contributed by atoms with Crippen LogP contribution >= 0.6 is 0 Å². The van der Waals surface area contributed by atoms with Crippen molar-refractivity contribution in [3.05, 3.63) is 0 Å². The summed E-state index contributed by atoms with van der Waals surface area (Å²) >= 11 is 0. The van der Waals surface area contributed by atoms with E-state index in [1.54, 1.807) is 14.0 Å². The van der Waals surface area contributed by atoms with Crippen molar-refractivity contribution in [3.63, 3.8) is 0 Å². The van der Waals surface area contributed by atoms with E-state index in [-0.39, 0.29) is 30.1 Å². The van der Waals surface area contributed by atoms with Crippen LogP contribution in [0.5, 0.6) is 0 Å². The molecule has 4 aliphatic rings. The summed E-state index contributed by atoms with van der Waals surface area (Å²) in [5, 5.41) is 38.5. The van der Waals surface area contributed by atoms with Crippen molar-refractivity contribution in [1.82, 2.24) is 10.2 Å². The Balaban J connectivity index is 1.83. The largest absolute Gasteiger partial charge is 0.390 e. The van der Waals surface area contributed by atoms with Gasteiger partial charge in [0.05, 0.1) is 59.8 Å². The molecule has 0 aromatic carbocycles. The van der Waals surface area contributed by atoms with E-state index in [2.05, 4.69) is 12.2 Å². The van der Waals surface area contributed by atoms with Gasteiger partial charge in [-0.25, -0.2) is 0 Å². The van der Waals surface area contributed by atoms with E-state index in [9.17, 15) is 20.1 Å². The number of hydrogen-bond donors (Lipinski definition) is 4. The number of methoxy groups -OCH3 is 1. The fourth-order valence-corrected chi connectivity index (χ4v) is 9.52. The standard InChI is InChI=1S/C38H70N2O10/c1-14-15-27-38(10,44)32(42)23(5)30-20(2)17-37(9,50-30)33(49-35-29(41)26(40(11)12)16-21(3)47-35)24(6)31(25(7)34(43)39-27)48-28-19-36(8,45-13)18-22(4)46-28/h20-33,35,41-42,44H,14-19H2,1-13H3,(H,39,43)/t20?,21-,22+,23+,24+,25-,26+,27?,28?,29-,30?,31+,32-,33-,35?,36+,37-,38-/m1/s1. The lowest BCUT2D eigenvalue weighted by Gasteiger charge is -2.48. The molecule has 0 saturated carbocycles. The Morgan fingerprint density at radius 1 is 0.940 bits per heavy atom. The first-order valence-electron chi connectivity index (χ1n) is 19.1. The van der Waals surface area contributed by atoms with Crippen molar-refractivity contribution < 1.29 is 48.5 Å². The number of fused-ring (bicyclic) bond motifs is 2. The Hall–Kier alpha value is -0.930. The van der Waals surface area contributed by atoms with Crippen LogP contribution in [0.2, 0.25) is 0 Å². The highest BCUT2D eigenvalue weighted by Crippen LogP contribution is 2.47. The molecule has 0 spiro atoms. The van der Waals surface area contributed by atoms with Gasteiger partial charge in [-0.05, 0) is 73.9 Å². The maximum absolute atomic E-state index is 14.3. The minimum Gasteiger partial charge on any atom is -0.390 e. The molecule has 12 nitrogen and oxygen atoms in total. The SMILES string of the molecule is CCCC1NC(=O)[C@H](C)[C@@H](OC2C[C@@](C)(OC)C[C@H](C)O2)[C@H](C)[C@@H](OC2O[C@H](C)C[C@H](N(C)C)[C@H]2O)[C@@]2(C)CC(C)C(O2)[C@H](C)[C@@H](O)[C@]1(C)O. The van der Waals surface area contributed by atoms with E-state index in [0.29, 0.717) is 38.5 Å². The zero-order valence-corrected chi connectivity index (χ0v) is 33.0. The number of rotatable bonds is 8. The molecule has 1 amide bonds. The summed E-state index contributed by atoms with van der Waals surface area (Å²) in [4.78, 5) is 16.3. The van der Waals surface area contributed by atoms with Gasteiger partial charge in [0, 0.05) is 37.8 Å². The van der Waals surface area contributed by atoms with Gasteiger partial charge in [0.1, 0.15) is 11.7 Å². The molecule has 50 heavy (non-hydrogen) atoms. The topological polar surface area (TPSA) is 148 Å². The lowest BCUT2D eigenvalue weighted by atomic mass is 9.75. The number of hydrogen-bond acceptors (Lipinski definition) is 11. The van der Waals surface area contributed by atoms with E-state index < -0.39 is 83.7 Å². The van der Waals surface area contributed by atoms with Crippen LogP contribution in [0.3, 0.4) is 0 Å². The molecule has 5 unspecified atom stereocenters. The number of aliphatic hydroxyl groups excluding tert-OH is 2. The fraction of sp³-hybridized carbons (Fsp3) is 0.974. The van der Waals surface area contributed by atoms with E-state index in [1.807, 2.05) is 74.4 Å². The Bertz CT molecular complexity index is 1130. The summed E-state index contributed by atoms with van der Waals surface area (Å²) in [7, 11) is 5.57. The third-order valence-electron chi connectivity index (χ3n) is 12.5. The lowest BCUT2D eigenvalue weighted by molar-refractivity contribution is -0.311. The third-order valence-corrected chi connectivity index (χ3v) is 12.5. The third kappa shape index (κ3) is 8.71. The summed E-state index contributed by atoms with van der Waals surface area (Å²) in [5.74, 6) is -2.00. The number of carbonyl (C=O) groups excluding carboxylic acids is 1. The van der Waals surface area contributed by atoms with Crippen LogP contribution in [0.4, 0.5) is 0 Å². The molecule has 0 radical (unpaired) electrons. The molecule has 4 saturated heterocycles. The average Bonchev–Trinajstić information content (AvgIpc) is 3.35. The second-order valence-corrected chi connectivity index (χ2v) is 17.3. The predicted octanol–water partition coefficient (Wildman–Crippen LogP) is 3.62. The highest BCUT2D eigenvalue weighted by atomic mass is 16.7. The van der Waals surface area contributed by atoms with Gasteiger partial charge in [0.15, 0.2) is 12.6 Å². The number of nitrogens with one attached hydrogen (secondary N) is 1. The molecule has 0 aromatic heterocycles. The van der Waals surface area contributed by atoms with Crippen LogP contribution in [-0.4, -0.2) is 132 Å². The minimum atomic E-state index is -1.64. The molecule has 2 bridgehead atoms. The summed E-state index contributed by atoms with van der Waals surface area (Å²) in [6, 6.07) is -0.906. The van der Waals surface area contributed by atoms with Crippen molar-refractivity contribution in [2.24, 2.45) is 23.7 Å². The van der Waals surface area contributed by atoms with Crippen LogP contribution in [0.25, 0.3) is 0 Å². The second kappa shape index (κ2) is 16.2. The maximum Gasteiger partial charge on any atom is 0.225 e. The van der Waals surface area contributed by atoms with Crippen molar-refractivity contribution >= 4 is 5.91 Å². The average molecular weight is 715 g/mol.